The quantitative estimate of drug-likeness (QED) is 0.807. The van der Waals surface area contributed by atoms with Crippen molar-refractivity contribution in [3.05, 3.63) is 34.6 Å². The van der Waals surface area contributed by atoms with Crippen LogP contribution in [-0.2, 0) is 14.3 Å². The summed E-state index contributed by atoms with van der Waals surface area (Å²) in [5.74, 6) is -1.21. The number of fused-ring (bicyclic) bond motifs is 1. The van der Waals surface area contributed by atoms with E-state index in [-0.39, 0.29) is 5.92 Å². The summed E-state index contributed by atoms with van der Waals surface area (Å²) in [7, 11) is 1.26. The fourth-order valence-corrected chi connectivity index (χ4v) is 2.27. The number of hydrogen-bond donors (Lipinski definition) is 1. The Labute approximate surface area is 138 Å². The van der Waals surface area contributed by atoms with Gasteiger partial charge in [-0.15, -0.1) is 5.10 Å². The lowest BCUT2D eigenvalue weighted by atomic mass is 10.0. The van der Waals surface area contributed by atoms with Crippen molar-refractivity contribution < 1.29 is 14.3 Å². The van der Waals surface area contributed by atoms with E-state index in [9.17, 15) is 14.4 Å². The second-order valence-electron chi connectivity index (χ2n) is 5.79. The molecule has 0 fully saturated rings. The molecule has 1 aromatic heterocycles. The number of nitrogens with zero attached hydrogens (tertiary/aromatic N) is 3. The number of carbonyl (C=O) groups is 2. The fraction of sp³-hybridized carbons (Fsp3) is 0.438. The van der Waals surface area contributed by atoms with E-state index in [0.717, 1.165) is 4.68 Å². The molecule has 1 N–H and O–H groups in total. The fourth-order valence-electron chi connectivity index (χ4n) is 2.27. The number of methoxy groups -OCH3 is 1. The summed E-state index contributed by atoms with van der Waals surface area (Å²) in [5, 5.41) is 10.7. The van der Waals surface area contributed by atoms with Gasteiger partial charge in [-0.2, -0.15) is 4.68 Å². The van der Waals surface area contributed by atoms with Crippen LogP contribution in [0.1, 0.15) is 26.8 Å². The van der Waals surface area contributed by atoms with Gasteiger partial charge < -0.3 is 10.1 Å². The summed E-state index contributed by atoms with van der Waals surface area (Å²) >= 11 is 0. The molecule has 0 spiro atoms. The summed E-state index contributed by atoms with van der Waals surface area (Å²) in [6.45, 7) is 5.10. The number of nitrogens with one attached hydrogen (secondary N) is 1. The van der Waals surface area contributed by atoms with Gasteiger partial charge in [0.1, 0.15) is 17.6 Å². The molecule has 8 heteroatoms. The van der Waals surface area contributed by atoms with Crippen molar-refractivity contribution in [3.63, 3.8) is 0 Å². The van der Waals surface area contributed by atoms with Crippen LogP contribution in [0.15, 0.2) is 29.1 Å². The predicted molar refractivity (Wildman–Crippen MR) is 87.3 cm³/mol. The van der Waals surface area contributed by atoms with E-state index in [0.29, 0.717) is 10.9 Å². The number of carbonyl (C=O) groups excluding carboxylic acids is 2. The van der Waals surface area contributed by atoms with Crippen molar-refractivity contribution >= 4 is 22.8 Å². The van der Waals surface area contributed by atoms with E-state index in [4.69, 9.17) is 4.74 Å². The summed E-state index contributed by atoms with van der Waals surface area (Å²) in [4.78, 5) is 36.6. The molecule has 2 aromatic rings. The first kappa shape index (κ1) is 17.6. The van der Waals surface area contributed by atoms with Crippen LogP contribution < -0.4 is 10.9 Å². The Kier molecular flexibility index (Phi) is 5.28. The molecule has 1 heterocycles. The van der Waals surface area contributed by atoms with Crippen LogP contribution >= 0.6 is 0 Å². The molecule has 24 heavy (non-hydrogen) atoms. The Bertz CT molecular complexity index is 815. The molecule has 8 nitrogen and oxygen atoms in total. The van der Waals surface area contributed by atoms with E-state index in [1.54, 1.807) is 38.1 Å². The molecular formula is C16H20N4O4. The van der Waals surface area contributed by atoms with Gasteiger partial charge in [0.2, 0.25) is 5.91 Å². The summed E-state index contributed by atoms with van der Waals surface area (Å²) < 4.78 is 5.70. The maximum absolute atomic E-state index is 12.5. The summed E-state index contributed by atoms with van der Waals surface area (Å²) in [6, 6.07) is 5.05. The molecule has 0 bridgehead atoms. The van der Waals surface area contributed by atoms with E-state index in [1.165, 1.54) is 14.0 Å². The number of hydrogen-bond acceptors (Lipinski definition) is 6. The molecule has 0 saturated heterocycles. The van der Waals surface area contributed by atoms with Gasteiger partial charge in [0.15, 0.2) is 0 Å². The number of benzene rings is 1. The van der Waals surface area contributed by atoms with Crippen molar-refractivity contribution in [3.8, 4) is 0 Å². The molecule has 1 amide bonds. The van der Waals surface area contributed by atoms with Crippen LogP contribution in [-0.4, -0.2) is 40.0 Å². The molecule has 2 atom stereocenters. The lowest BCUT2D eigenvalue weighted by molar-refractivity contribution is -0.146. The third-order valence-corrected chi connectivity index (χ3v) is 3.76. The van der Waals surface area contributed by atoms with Crippen molar-refractivity contribution in [2.45, 2.75) is 32.9 Å². The monoisotopic (exact) mass is 332 g/mol. The Morgan fingerprint density at radius 1 is 1.21 bits per heavy atom. The Morgan fingerprint density at radius 2 is 1.88 bits per heavy atom. The maximum Gasteiger partial charge on any atom is 0.328 e. The van der Waals surface area contributed by atoms with Crippen LogP contribution in [0.4, 0.5) is 0 Å². The molecule has 2 rings (SSSR count). The van der Waals surface area contributed by atoms with Crippen LogP contribution in [0.2, 0.25) is 0 Å². The highest BCUT2D eigenvalue weighted by Gasteiger charge is 2.28. The standard InChI is InChI=1S/C16H20N4O4/c1-9(2)13(16(23)24-4)17-14(21)10(3)20-15(22)11-7-5-6-8-12(11)18-19-20/h5-10,13H,1-4H3,(H,17,21)/t10-,13-/m1/s1. The first-order valence-corrected chi connectivity index (χ1v) is 7.59. The second-order valence-corrected chi connectivity index (χ2v) is 5.79. The van der Waals surface area contributed by atoms with Crippen molar-refractivity contribution in [2.24, 2.45) is 5.92 Å². The van der Waals surface area contributed by atoms with Crippen LogP contribution in [0.3, 0.4) is 0 Å². The van der Waals surface area contributed by atoms with Gasteiger partial charge in [-0.05, 0) is 25.0 Å². The molecule has 0 radical (unpaired) electrons. The van der Waals surface area contributed by atoms with Crippen molar-refractivity contribution in [1.82, 2.24) is 20.3 Å². The van der Waals surface area contributed by atoms with Gasteiger partial charge >= 0.3 is 5.97 Å². The number of rotatable bonds is 5. The smallest absolute Gasteiger partial charge is 0.328 e. The third kappa shape index (κ3) is 3.42. The lowest BCUT2D eigenvalue weighted by Gasteiger charge is -2.22. The molecule has 0 aliphatic rings. The minimum absolute atomic E-state index is 0.159. The SMILES string of the molecule is COC(=O)[C@H](NC(=O)[C@@H](C)n1nnc2ccccc2c1=O)C(C)C. The zero-order valence-electron chi connectivity index (χ0n) is 14.0. The molecule has 1 aromatic carbocycles. The second kappa shape index (κ2) is 7.20. The average molecular weight is 332 g/mol. The third-order valence-electron chi connectivity index (χ3n) is 3.76. The predicted octanol–water partition coefficient (Wildman–Crippen LogP) is 0.666. The molecule has 0 aliphatic heterocycles. The zero-order chi connectivity index (χ0) is 17.9. The van der Waals surface area contributed by atoms with Gasteiger partial charge in [0.05, 0.1) is 12.5 Å². The first-order chi connectivity index (χ1) is 11.4. The van der Waals surface area contributed by atoms with Crippen molar-refractivity contribution in [1.29, 1.82) is 0 Å². The summed E-state index contributed by atoms with van der Waals surface area (Å²) in [5.41, 5.74) is 0.0448. The number of aromatic nitrogens is 3. The number of esters is 1. The topological polar surface area (TPSA) is 103 Å². The Morgan fingerprint density at radius 3 is 2.50 bits per heavy atom. The van der Waals surface area contributed by atoms with Gasteiger partial charge in [-0.3, -0.25) is 9.59 Å². The Hall–Kier alpha value is -2.77. The van der Waals surface area contributed by atoms with Crippen molar-refractivity contribution in [2.75, 3.05) is 7.11 Å². The molecule has 0 saturated carbocycles. The summed E-state index contributed by atoms with van der Waals surface area (Å²) in [6.07, 6.45) is 0. The average Bonchev–Trinajstić information content (AvgIpc) is 2.58. The number of amides is 1. The van der Waals surface area contributed by atoms with Crippen LogP contribution in [0, 0.1) is 5.92 Å². The normalized spacial score (nSPS) is 13.5. The first-order valence-electron chi connectivity index (χ1n) is 7.59. The van der Waals surface area contributed by atoms with E-state index in [1.807, 2.05) is 0 Å². The zero-order valence-corrected chi connectivity index (χ0v) is 14.0. The molecule has 128 valence electrons. The van der Waals surface area contributed by atoms with Gasteiger partial charge in [-0.1, -0.05) is 31.2 Å². The molecular weight excluding hydrogens is 312 g/mol. The molecule has 0 aliphatic carbocycles. The van der Waals surface area contributed by atoms with Gasteiger partial charge in [0.25, 0.3) is 5.56 Å². The maximum atomic E-state index is 12.5. The van der Waals surface area contributed by atoms with E-state index < -0.39 is 29.5 Å². The lowest BCUT2D eigenvalue weighted by Crippen LogP contribution is -2.48. The van der Waals surface area contributed by atoms with E-state index >= 15 is 0 Å². The van der Waals surface area contributed by atoms with E-state index in [2.05, 4.69) is 15.6 Å². The van der Waals surface area contributed by atoms with Crippen LogP contribution in [0.25, 0.3) is 10.9 Å². The largest absolute Gasteiger partial charge is 0.467 e. The van der Waals surface area contributed by atoms with Gasteiger partial charge in [0, 0.05) is 0 Å². The highest BCUT2D eigenvalue weighted by Crippen LogP contribution is 2.09. The molecule has 0 unspecified atom stereocenters. The Balaban J connectivity index is 2.29. The highest BCUT2D eigenvalue weighted by atomic mass is 16.5. The highest BCUT2D eigenvalue weighted by molar-refractivity contribution is 5.86. The van der Waals surface area contributed by atoms with Gasteiger partial charge in [-0.25, -0.2) is 4.79 Å². The number of ether oxygens (including phenoxy) is 1. The minimum atomic E-state index is -0.916. The minimum Gasteiger partial charge on any atom is -0.467 e. The van der Waals surface area contributed by atoms with Crippen LogP contribution in [0.5, 0.6) is 0 Å².